The molecule has 14 N–H and O–H groups in total. The van der Waals surface area contributed by atoms with Crippen molar-refractivity contribution in [3.63, 3.8) is 0 Å². The predicted octanol–water partition coefficient (Wildman–Crippen LogP) is -1.66. The lowest BCUT2D eigenvalue weighted by Crippen LogP contribution is -2.64. The van der Waals surface area contributed by atoms with Gasteiger partial charge in [0.05, 0.1) is 103 Å². The van der Waals surface area contributed by atoms with E-state index in [1.165, 1.54) is 32.7 Å². The molecule has 0 spiro atoms. The summed E-state index contributed by atoms with van der Waals surface area (Å²) < 4.78 is 7.16. The van der Waals surface area contributed by atoms with Crippen LogP contribution in [0.2, 0.25) is 0 Å². The van der Waals surface area contributed by atoms with Crippen LogP contribution >= 0.6 is 136 Å². The number of aliphatic hydroxyl groups excluding tert-OH is 10. The van der Waals surface area contributed by atoms with Crippen molar-refractivity contribution in [1.29, 1.82) is 0 Å². The second kappa shape index (κ2) is 28.3. The van der Waals surface area contributed by atoms with E-state index in [9.17, 15) is 69.6 Å². The Kier molecular flexibility index (Phi) is 26.3. The molecule has 8 atom stereocenters. The van der Waals surface area contributed by atoms with E-state index in [-0.39, 0.29) is 64.5 Å². The van der Waals surface area contributed by atoms with Crippen LogP contribution in [0.1, 0.15) is 51.8 Å². The number of nitrogens with one attached hydrogen (secondary N) is 4. The Balaban J connectivity index is 0.000000454. The fourth-order valence-corrected chi connectivity index (χ4v) is 15.1. The Morgan fingerprint density at radius 3 is 1.48 bits per heavy atom. The predicted molar refractivity (Wildman–Crippen MR) is 286 cm³/mol. The van der Waals surface area contributed by atoms with Crippen LogP contribution in [0.3, 0.4) is 0 Å². The summed E-state index contributed by atoms with van der Waals surface area (Å²) in [7, 11) is 1.53. The lowest BCUT2D eigenvalue weighted by atomic mass is 9.96. The third kappa shape index (κ3) is 15.6. The van der Waals surface area contributed by atoms with Crippen molar-refractivity contribution in [2.45, 2.75) is 69.7 Å². The van der Waals surface area contributed by atoms with Gasteiger partial charge in [-0.25, -0.2) is 0 Å². The molecule has 1 aliphatic rings. The van der Waals surface area contributed by atoms with Crippen LogP contribution in [0.25, 0.3) is 0 Å². The first-order valence-electron chi connectivity index (χ1n) is 19.0. The highest BCUT2D eigenvalue weighted by atomic mass is 127. The Bertz CT molecular complexity index is 2070. The minimum Gasteiger partial charge on any atom is -0.394 e. The van der Waals surface area contributed by atoms with Gasteiger partial charge in [0.2, 0.25) is 17.7 Å². The summed E-state index contributed by atoms with van der Waals surface area (Å²) in [6.45, 7) is 0.615. The van der Waals surface area contributed by atoms with E-state index in [0.29, 0.717) is 22.1 Å². The monoisotopic (exact) mass is 1610 g/mol. The van der Waals surface area contributed by atoms with E-state index in [4.69, 9.17) is 14.9 Å². The van der Waals surface area contributed by atoms with Crippen LogP contribution in [0.4, 0.5) is 17.1 Å². The summed E-state index contributed by atoms with van der Waals surface area (Å²) in [4.78, 5) is 78.0. The average molecular weight is 1610 g/mol. The van der Waals surface area contributed by atoms with E-state index in [0.717, 1.165) is 4.90 Å². The second-order valence-electron chi connectivity index (χ2n) is 14.1. The van der Waals surface area contributed by atoms with Gasteiger partial charge < -0.3 is 86.9 Å². The number of anilines is 3. The van der Waals surface area contributed by atoms with Crippen LogP contribution in [0.5, 0.6) is 0 Å². The Morgan fingerprint density at radius 2 is 1.08 bits per heavy atom. The molecule has 1 heterocycles. The first kappa shape index (κ1) is 61.3. The standard InChI is InChI=1S/C19H26I3N3O9.C18H22I3N3O8/c1-8(29)25(4-11(32)7-28)17-15(21)12(18(33)23-2-9(30)5-26)14(20)13(16(17)22)19(34)24-3-10(31)6-27;1-5(26)22-12-9(19)8(10(20)14(11(12)21)24(3)6(2)27)17(30)23-13-16(29)15(28)7(4-25)32-18(13)31/h9-11,26-28,30-32H,2-7H2,1H3,(H,23,33)(H,24,34);7,13,15-16,18,25,28-29,31H,4H2,1-3H3,(H,22,26)(H,23,30)/t;7-,13-,15-,16-,18?/m.1/s1. The zero-order chi connectivity index (χ0) is 50.7. The van der Waals surface area contributed by atoms with Gasteiger partial charge in [0.15, 0.2) is 6.29 Å². The maximum absolute atomic E-state index is 13.2. The summed E-state index contributed by atoms with van der Waals surface area (Å²) >= 11 is 11.2. The highest BCUT2D eigenvalue weighted by molar-refractivity contribution is 14.1. The second-order valence-corrected chi connectivity index (χ2v) is 20.6. The minimum atomic E-state index is -1.69. The number of hydrogen-bond donors (Lipinski definition) is 14. The number of nitrogens with zero attached hydrogens (tertiary/aromatic N) is 2. The molecule has 29 heteroatoms. The highest BCUT2D eigenvalue weighted by Gasteiger charge is 2.45. The maximum atomic E-state index is 13.2. The third-order valence-electron chi connectivity index (χ3n) is 9.25. The molecule has 1 fully saturated rings. The van der Waals surface area contributed by atoms with Crippen molar-refractivity contribution in [2.75, 3.05) is 68.2 Å². The fraction of sp³-hybridized carbons (Fsp3) is 0.514. The molecule has 2 aromatic carbocycles. The van der Waals surface area contributed by atoms with E-state index in [2.05, 4.69) is 21.3 Å². The Labute approximate surface area is 459 Å². The van der Waals surface area contributed by atoms with Crippen molar-refractivity contribution in [2.24, 2.45) is 0 Å². The molecule has 66 heavy (non-hydrogen) atoms. The molecule has 370 valence electrons. The number of ether oxygens (including phenoxy) is 1. The molecule has 0 radical (unpaired) electrons. The summed E-state index contributed by atoms with van der Waals surface area (Å²) in [5.41, 5.74) is 1.00. The smallest absolute Gasteiger partial charge is 0.254 e. The molecule has 0 bridgehead atoms. The van der Waals surface area contributed by atoms with Gasteiger partial charge in [-0.1, -0.05) is 0 Å². The van der Waals surface area contributed by atoms with Crippen molar-refractivity contribution in [3.05, 3.63) is 38.1 Å². The molecule has 4 unspecified atom stereocenters. The first-order chi connectivity index (χ1) is 30.7. The normalized spacial score (nSPS) is 19.3. The number of carbonyl (C=O) groups is 6. The molecule has 3 rings (SSSR count). The number of aliphatic hydroxyl groups is 10. The lowest BCUT2D eigenvalue weighted by Gasteiger charge is -2.40. The van der Waals surface area contributed by atoms with Crippen molar-refractivity contribution >= 4 is 188 Å². The van der Waals surface area contributed by atoms with E-state index >= 15 is 0 Å². The van der Waals surface area contributed by atoms with Crippen molar-refractivity contribution < 1.29 is 84.6 Å². The number of rotatable bonds is 17. The van der Waals surface area contributed by atoms with E-state index in [1.807, 2.05) is 113 Å². The average Bonchev–Trinajstić information content (AvgIpc) is 3.25. The SMILES string of the molecule is CC(=O)N(CC(O)CO)c1c(I)c(C(=O)NCC(O)CO)c(I)c(C(=O)NCC(O)CO)c1I.CC(=O)Nc1c(I)c(C(=O)N[C@H]2C(O)O[C@H](CO)[C@@H](O)[C@@H]2O)c(I)c(N(C)C(C)=O)c1I. The molecule has 1 saturated heterocycles. The zero-order valence-corrected chi connectivity index (χ0v) is 48.0. The number of hydrogen-bond acceptors (Lipinski definition) is 17. The summed E-state index contributed by atoms with van der Waals surface area (Å²) in [5.74, 6) is -3.30. The third-order valence-corrected chi connectivity index (χ3v) is 15.6. The number of halogens is 6. The first-order valence-corrected chi connectivity index (χ1v) is 25.5. The molecule has 6 amide bonds. The number of carbonyl (C=O) groups excluding carboxylic acids is 6. The summed E-state index contributed by atoms with van der Waals surface area (Å²) in [6, 6.07) is -1.40. The van der Waals surface area contributed by atoms with Crippen molar-refractivity contribution in [3.8, 4) is 0 Å². The van der Waals surface area contributed by atoms with Crippen LogP contribution < -0.4 is 31.1 Å². The highest BCUT2D eigenvalue weighted by Crippen LogP contribution is 2.41. The van der Waals surface area contributed by atoms with Crippen LogP contribution in [0.15, 0.2) is 0 Å². The fourth-order valence-electron chi connectivity index (χ4n) is 5.72. The Hall–Kier alpha value is -0.800. The topological polar surface area (TPSA) is 369 Å². The van der Waals surface area contributed by atoms with E-state index in [1.54, 1.807) is 22.6 Å². The van der Waals surface area contributed by atoms with Gasteiger partial charge >= 0.3 is 0 Å². The molecule has 23 nitrogen and oxygen atoms in total. The van der Waals surface area contributed by atoms with Crippen LogP contribution in [-0.2, 0) is 19.1 Å². The summed E-state index contributed by atoms with van der Waals surface area (Å²) in [5, 5.41) is 106. The van der Waals surface area contributed by atoms with Gasteiger partial charge in [-0.2, -0.15) is 0 Å². The molecule has 1 aliphatic heterocycles. The zero-order valence-electron chi connectivity index (χ0n) is 35.1. The molecule has 2 aromatic rings. The molecule has 0 saturated carbocycles. The largest absolute Gasteiger partial charge is 0.394 e. The number of benzene rings is 2. The van der Waals surface area contributed by atoms with Gasteiger partial charge in [-0.3, -0.25) is 28.8 Å². The molecular weight excluding hydrogens is 1560 g/mol. The van der Waals surface area contributed by atoms with E-state index < -0.39 is 99.0 Å². The van der Waals surface area contributed by atoms with Crippen LogP contribution in [-0.4, -0.2) is 189 Å². The van der Waals surface area contributed by atoms with Crippen LogP contribution in [0, 0.1) is 21.4 Å². The number of amides is 6. The van der Waals surface area contributed by atoms with Gasteiger partial charge in [0.1, 0.15) is 24.4 Å². The summed E-state index contributed by atoms with van der Waals surface area (Å²) in [6.07, 6.45) is -9.77. The van der Waals surface area contributed by atoms with Gasteiger partial charge in [0.25, 0.3) is 17.7 Å². The van der Waals surface area contributed by atoms with Gasteiger partial charge in [-0.15, -0.1) is 0 Å². The minimum absolute atomic E-state index is 0.0133. The van der Waals surface area contributed by atoms with Gasteiger partial charge in [0, 0.05) is 44.5 Å². The maximum Gasteiger partial charge on any atom is 0.254 e. The Morgan fingerprint density at radius 1 is 0.621 bits per heavy atom. The van der Waals surface area contributed by atoms with Gasteiger partial charge in [-0.05, 0) is 136 Å². The quantitative estimate of drug-likeness (QED) is 0.0789. The van der Waals surface area contributed by atoms with Crippen molar-refractivity contribution in [1.82, 2.24) is 16.0 Å². The molecular formula is C37H48I6N6O17. The molecule has 0 aliphatic carbocycles. The lowest BCUT2D eigenvalue weighted by molar-refractivity contribution is -0.252. The molecule has 0 aromatic heterocycles.